The molecule has 0 aliphatic heterocycles. The first-order valence-electron chi connectivity index (χ1n) is 6.49. The lowest BCUT2D eigenvalue weighted by Gasteiger charge is -2.14. The molecule has 1 heterocycles. The molecule has 18 heavy (non-hydrogen) atoms. The standard InChI is InChI=1S/C16H20N2/c1-13(2)15-7-3-4-8-16(15)18-11-9-14-6-5-10-17-12-14/h3-8,10,12-13,18H,9,11H2,1-2H3. The van der Waals surface area contributed by atoms with Crippen molar-refractivity contribution in [2.24, 2.45) is 0 Å². The second-order valence-electron chi connectivity index (χ2n) is 4.78. The predicted molar refractivity (Wildman–Crippen MR) is 77.0 cm³/mol. The fourth-order valence-electron chi connectivity index (χ4n) is 2.05. The lowest BCUT2D eigenvalue weighted by atomic mass is 10.0. The lowest BCUT2D eigenvalue weighted by molar-refractivity contribution is 0.864. The van der Waals surface area contributed by atoms with E-state index in [1.54, 1.807) is 0 Å². The Kier molecular flexibility index (Phi) is 4.35. The SMILES string of the molecule is CC(C)c1ccccc1NCCc1cccnc1. The number of para-hydroxylation sites is 1. The summed E-state index contributed by atoms with van der Waals surface area (Å²) >= 11 is 0. The fraction of sp³-hybridized carbons (Fsp3) is 0.312. The van der Waals surface area contributed by atoms with Crippen LogP contribution in [0.4, 0.5) is 5.69 Å². The maximum atomic E-state index is 4.13. The van der Waals surface area contributed by atoms with Crippen molar-refractivity contribution in [2.45, 2.75) is 26.2 Å². The number of rotatable bonds is 5. The highest BCUT2D eigenvalue weighted by Gasteiger charge is 2.04. The Morgan fingerprint density at radius 1 is 1.11 bits per heavy atom. The van der Waals surface area contributed by atoms with Gasteiger partial charge in [0.25, 0.3) is 0 Å². The van der Waals surface area contributed by atoms with Crippen LogP contribution in [-0.2, 0) is 6.42 Å². The first kappa shape index (κ1) is 12.6. The number of hydrogen-bond donors (Lipinski definition) is 1. The van der Waals surface area contributed by atoms with Gasteiger partial charge in [0.2, 0.25) is 0 Å². The van der Waals surface area contributed by atoms with E-state index in [1.807, 2.05) is 18.5 Å². The molecule has 0 fully saturated rings. The second-order valence-corrected chi connectivity index (χ2v) is 4.78. The molecule has 1 N–H and O–H groups in total. The number of nitrogens with one attached hydrogen (secondary N) is 1. The average molecular weight is 240 g/mol. The smallest absolute Gasteiger partial charge is 0.0375 e. The molecule has 0 aliphatic carbocycles. The zero-order valence-electron chi connectivity index (χ0n) is 11.1. The summed E-state index contributed by atoms with van der Waals surface area (Å²) in [6, 6.07) is 12.6. The lowest BCUT2D eigenvalue weighted by Crippen LogP contribution is -2.07. The molecule has 0 spiro atoms. The molecular formula is C16H20N2. The first-order valence-corrected chi connectivity index (χ1v) is 6.49. The van der Waals surface area contributed by atoms with Crippen LogP contribution in [0.25, 0.3) is 0 Å². The molecule has 0 amide bonds. The quantitative estimate of drug-likeness (QED) is 0.858. The number of benzene rings is 1. The van der Waals surface area contributed by atoms with Crippen molar-refractivity contribution in [1.82, 2.24) is 4.98 Å². The minimum Gasteiger partial charge on any atom is -0.384 e. The minimum absolute atomic E-state index is 0.548. The van der Waals surface area contributed by atoms with E-state index in [1.165, 1.54) is 16.8 Å². The van der Waals surface area contributed by atoms with Crippen molar-refractivity contribution >= 4 is 5.69 Å². The number of pyridine rings is 1. The molecule has 1 aromatic carbocycles. The molecule has 2 heteroatoms. The van der Waals surface area contributed by atoms with Gasteiger partial charge in [0.05, 0.1) is 0 Å². The van der Waals surface area contributed by atoms with Crippen molar-refractivity contribution in [2.75, 3.05) is 11.9 Å². The molecule has 0 bridgehead atoms. The highest BCUT2D eigenvalue weighted by Crippen LogP contribution is 2.23. The predicted octanol–water partition coefficient (Wildman–Crippen LogP) is 3.86. The Hall–Kier alpha value is -1.83. The van der Waals surface area contributed by atoms with Gasteiger partial charge in [0, 0.05) is 24.6 Å². The number of nitrogens with zero attached hydrogens (tertiary/aromatic N) is 1. The van der Waals surface area contributed by atoms with Gasteiger partial charge in [-0.15, -0.1) is 0 Å². The van der Waals surface area contributed by atoms with E-state index in [-0.39, 0.29) is 0 Å². The summed E-state index contributed by atoms with van der Waals surface area (Å²) in [6.07, 6.45) is 4.74. The number of hydrogen-bond acceptors (Lipinski definition) is 2. The molecule has 1 aromatic heterocycles. The van der Waals surface area contributed by atoms with Gasteiger partial charge < -0.3 is 5.32 Å². The third-order valence-electron chi connectivity index (χ3n) is 3.03. The molecule has 2 rings (SSSR count). The van der Waals surface area contributed by atoms with Crippen LogP contribution >= 0.6 is 0 Å². The van der Waals surface area contributed by atoms with Crippen molar-refractivity contribution < 1.29 is 0 Å². The summed E-state index contributed by atoms with van der Waals surface area (Å²) in [7, 11) is 0. The van der Waals surface area contributed by atoms with Crippen molar-refractivity contribution in [1.29, 1.82) is 0 Å². The number of aromatic nitrogens is 1. The molecule has 0 saturated carbocycles. The Labute approximate surface area is 109 Å². The Bertz CT molecular complexity index is 477. The number of anilines is 1. The minimum atomic E-state index is 0.548. The zero-order chi connectivity index (χ0) is 12.8. The van der Waals surface area contributed by atoms with Gasteiger partial charge in [0.1, 0.15) is 0 Å². The molecule has 2 nitrogen and oxygen atoms in total. The topological polar surface area (TPSA) is 24.9 Å². The van der Waals surface area contributed by atoms with Crippen LogP contribution in [0.2, 0.25) is 0 Å². The van der Waals surface area contributed by atoms with Gasteiger partial charge in [-0.3, -0.25) is 4.98 Å². The Morgan fingerprint density at radius 2 is 1.94 bits per heavy atom. The molecule has 0 radical (unpaired) electrons. The van der Waals surface area contributed by atoms with Gasteiger partial charge in [-0.25, -0.2) is 0 Å². The van der Waals surface area contributed by atoms with Crippen LogP contribution in [-0.4, -0.2) is 11.5 Å². The van der Waals surface area contributed by atoms with Crippen LogP contribution in [0, 0.1) is 0 Å². The molecule has 0 aliphatic rings. The summed E-state index contributed by atoms with van der Waals surface area (Å²) in [4.78, 5) is 4.13. The van der Waals surface area contributed by atoms with E-state index in [4.69, 9.17) is 0 Å². The monoisotopic (exact) mass is 240 g/mol. The highest BCUT2D eigenvalue weighted by molar-refractivity contribution is 5.52. The third kappa shape index (κ3) is 3.33. The van der Waals surface area contributed by atoms with Crippen LogP contribution in [0.15, 0.2) is 48.8 Å². The Balaban J connectivity index is 1.94. The van der Waals surface area contributed by atoms with Gasteiger partial charge in [-0.1, -0.05) is 38.1 Å². The van der Waals surface area contributed by atoms with Gasteiger partial charge in [-0.05, 0) is 35.6 Å². The average Bonchev–Trinajstić information content (AvgIpc) is 2.40. The van der Waals surface area contributed by atoms with E-state index in [0.29, 0.717) is 5.92 Å². The van der Waals surface area contributed by atoms with Gasteiger partial charge in [0.15, 0.2) is 0 Å². The molecule has 2 aromatic rings. The molecule has 0 unspecified atom stereocenters. The summed E-state index contributed by atoms with van der Waals surface area (Å²) < 4.78 is 0. The third-order valence-corrected chi connectivity index (χ3v) is 3.03. The van der Waals surface area contributed by atoms with E-state index >= 15 is 0 Å². The normalized spacial score (nSPS) is 10.6. The highest BCUT2D eigenvalue weighted by atomic mass is 14.9. The van der Waals surface area contributed by atoms with Crippen molar-refractivity contribution in [3.8, 4) is 0 Å². The van der Waals surface area contributed by atoms with Crippen LogP contribution < -0.4 is 5.32 Å². The van der Waals surface area contributed by atoms with Crippen LogP contribution in [0.3, 0.4) is 0 Å². The van der Waals surface area contributed by atoms with Gasteiger partial charge >= 0.3 is 0 Å². The largest absolute Gasteiger partial charge is 0.384 e. The van der Waals surface area contributed by atoms with E-state index in [0.717, 1.165) is 13.0 Å². The maximum absolute atomic E-state index is 4.13. The maximum Gasteiger partial charge on any atom is 0.0375 e. The Morgan fingerprint density at radius 3 is 2.67 bits per heavy atom. The van der Waals surface area contributed by atoms with E-state index < -0.39 is 0 Å². The molecule has 0 atom stereocenters. The van der Waals surface area contributed by atoms with Crippen LogP contribution in [0.5, 0.6) is 0 Å². The first-order chi connectivity index (χ1) is 8.77. The van der Waals surface area contributed by atoms with E-state index in [2.05, 4.69) is 54.5 Å². The summed E-state index contributed by atoms with van der Waals surface area (Å²) in [5, 5.41) is 3.52. The zero-order valence-corrected chi connectivity index (χ0v) is 11.1. The molecular weight excluding hydrogens is 220 g/mol. The second kappa shape index (κ2) is 6.20. The van der Waals surface area contributed by atoms with Crippen molar-refractivity contribution in [3.05, 3.63) is 59.9 Å². The van der Waals surface area contributed by atoms with Crippen molar-refractivity contribution in [3.63, 3.8) is 0 Å². The summed E-state index contributed by atoms with van der Waals surface area (Å²) in [6.45, 7) is 5.39. The summed E-state index contributed by atoms with van der Waals surface area (Å²) in [5.74, 6) is 0.548. The van der Waals surface area contributed by atoms with Crippen LogP contribution in [0.1, 0.15) is 30.9 Å². The van der Waals surface area contributed by atoms with Gasteiger partial charge in [-0.2, -0.15) is 0 Å². The molecule has 0 saturated heterocycles. The molecule has 94 valence electrons. The fourth-order valence-corrected chi connectivity index (χ4v) is 2.05. The summed E-state index contributed by atoms with van der Waals surface area (Å²) in [5.41, 5.74) is 3.90. The van der Waals surface area contributed by atoms with E-state index in [9.17, 15) is 0 Å².